The van der Waals surface area contributed by atoms with E-state index in [0.717, 1.165) is 5.75 Å². The molecule has 1 fully saturated rings. The normalized spacial score (nSPS) is 19.5. The molecular formula is C57H42N2O. The van der Waals surface area contributed by atoms with Crippen LogP contribution in [0.3, 0.4) is 0 Å². The van der Waals surface area contributed by atoms with E-state index in [1.807, 2.05) is 0 Å². The third kappa shape index (κ3) is 5.37. The van der Waals surface area contributed by atoms with Crippen molar-refractivity contribution < 1.29 is 4.74 Å². The van der Waals surface area contributed by atoms with E-state index in [-0.39, 0.29) is 24.4 Å². The zero-order valence-corrected chi connectivity index (χ0v) is 33.0. The predicted molar refractivity (Wildman–Crippen MR) is 244 cm³/mol. The lowest BCUT2D eigenvalue weighted by atomic mass is 9.66. The number of fused-ring (bicyclic) bond motifs is 8. The van der Waals surface area contributed by atoms with Crippen LogP contribution in [0.25, 0.3) is 44.2 Å². The van der Waals surface area contributed by atoms with E-state index >= 15 is 0 Å². The first-order chi connectivity index (χ1) is 29.8. The zero-order chi connectivity index (χ0) is 39.6. The van der Waals surface area contributed by atoms with Crippen molar-refractivity contribution in [3.63, 3.8) is 0 Å². The highest BCUT2D eigenvalue weighted by Crippen LogP contribution is 2.61. The van der Waals surface area contributed by atoms with Crippen LogP contribution in [0.5, 0.6) is 5.75 Å². The summed E-state index contributed by atoms with van der Waals surface area (Å²) < 4.78 is 6.97. The number of nitrogens with one attached hydrogen (secondary N) is 2. The second kappa shape index (κ2) is 14.1. The van der Waals surface area contributed by atoms with E-state index in [2.05, 4.69) is 229 Å². The van der Waals surface area contributed by atoms with Crippen molar-refractivity contribution in [2.75, 3.05) is 0 Å². The molecule has 2 aliphatic heterocycles. The van der Waals surface area contributed by atoms with E-state index in [1.165, 1.54) is 83.1 Å². The third-order valence-electron chi connectivity index (χ3n) is 13.2. The van der Waals surface area contributed by atoms with Crippen LogP contribution in [0.4, 0.5) is 0 Å². The number of rotatable bonds is 6. The number of hydrogen-bond acceptors (Lipinski definition) is 3. The van der Waals surface area contributed by atoms with Gasteiger partial charge in [0.1, 0.15) is 11.9 Å². The van der Waals surface area contributed by atoms with Gasteiger partial charge in [0.05, 0.1) is 23.7 Å². The average Bonchev–Trinajstić information content (AvgIpc) is 3.86. The smallest absolute Gasteiger partial charge is 0.138 e. The Morgan fingerprint density at radius 2 is 1.05 bits per heavy atom. The summed E-state index contributed by atoms with van der Waals surface area (Å²) in [5.41, 5.74) is 15.5. The largest absolute Gasteiger partial charge is 0.486 e. The number of benzene rings is 9. The Morgan fingerprint density at radius 1 is 0.433 bits per heavy atom. The summed E-state index contributed by atoms with van der Waals surface area (Å²) in [5.74, 6) is 0.945. The summed E-state index contributed by atoms with van der Waals surface area (Å²) in [6.07, 6.45) is -0.289. The number of para-hydroxylation sites is 1. The average molecular weight is 771 g/mol. The standard InChI is InChI=1S/C57H42N2O/c1-5-18-37(19-6-1)39-23-17-24-42(34-39)56-58-53(55-54(59-56)47-30-15-16-31-50(47)60-55)41-32-33-46-49(36-41)57(43-25-9-3-10-26-43,44-27-11-4-12-28-44)52-45-29-14-13-22-40(45)35-48(51(46)52)38-20-7-2-8-21-38/h1-36,53-56,58-59H. The summed E-state index contributed by atoms with van der Waals surface area (Å²) in [4.78, 5) is 0. The minimum Gasteiger partial charge on any atom is -0.486 e. The van der Waals surface area contributed by atoms with Crippen LogP contribution >= 0.6 is 0 Å². The van der Waals surface area contributed by atoms with Crippen LogP contribution in [0.1, 0.15) is 57.2 Å². The van der Waals surface area contributed by atoms with E-state index in [9.17, 15) is 0 Å². The van der Waals surface area contributed by atoms with Crippen molar-refractivity contribution in [2.24, 2.45) is 0 Å². The summed E-state index contributed by atoms with van der Waals surface area (Å²) in [5, 5.41) is 10.6. The molecule has 9 aromatic carbocycles. The van der Waals surface area contributed by atoms with Crippen molar-refractivity contribution in [3.05, 3.63) is 257 Å². The first-order valence-corrected chi connectivity index (χ1v) is 21.1. The van der Waals surface area contributed by atoms with Crippen LogP contribution < -0.4 is 15.4 Å². The molecule has 9 aromatic rings. The van der Waals surface area contributed by atoms with Crippen molar-refractivity contribution in [1.29, 1.82) is 0 Å². The Hall–Kier alpha value is -7.04. The molecule has 0 saturated carbocycles. The highest BCUT2D eigenvalue weighted by atomic mass is 16.5. The maximum Gasteiger partial charge on any atom is 0.138 e. The van der Waals surface area contributed by atoms with Gasteiger partial charge in [-0.15, -0.1) is 0 Å². The molecule has 2 N–H and O–H groups in total. The van der Waals surface area contributed by atoms with Gasteiger partial charge >= 0.3 is 0 Å². The monoisotopic (exact) mass is 770 g/mol. The molecule has 0 bridgehead atoms. The van der Waals surface area contributed by atoms with Gasteiger partial charge in [0.2, 0.25) is 0 Å². The van der Waals surface area contributed by atoms with Crippen LogP contribution in [-0.4, -0.2) is 6.10 Å². The van der Waals surface area contributed by atoms with Gasteiger partial charge in [0, 0.05) is 5.56 Å². The van der Waals surface area contributed by atoms with E-state index in [0.29, 0.717) is 0 Å². The molecular weight excluding hydrogens is 729 g/mol. The molecule has 0 radical (unpaired) electrons. The summed E-state index contributed by atoms with van der Waals surface area (Å²) in [6, 6.07) is 79.9. The van der Waals surface area contributed by atoms with Gasteiger partial charge in [-0.2, -0.15) is 0 Å². The lowest BCUT2D eigenvalue weighted by Gasteiger charge is -2.41. The van der Waals surface area contributed by atoms with E-state index in [4.69, 9.17) is 4.74 Å². The van der Waals surface area contributed by atoms with Gasteiger partial charge < -0.3 is 4.74 Å². The topological polar surface area (TPSA) is 33.3 Å². The molecule has 3 aliphatic rings. The maximum atomic E-state index is 6.97. The number of hydrogen-bond donors (Lipinski definition) is 2. The SMILES string of the molecule is c1ccc(-c2cccc(C3NC(c4ccc5c(c4)C(c4ccccc4)(c4ccccc4)c4c-5c(-c5ccccc5)cc5ccccc45)C4Oc5ccccc5C4N3)c2)cc1. The molecule has 4 atom stereocenters. The molecule has 3 nitrogen and oxygen atoms in total. The Bertz CT molecular complexity index is 3000. The van der Waals surface area contributed by atoms with E-state index < -0.39 is 5.41 Å². The quantitative estimate of drug-likeness (QED) is 0.177. The second-order valence-corrected chi connectivity index (χ2v) is 16.4. The van der Waals surface area contributed by atoms with Gasteiger partial charge in [0.15, 0.2) is 0 Å². The predicted octanol–water partition coefficient (Wildman–Crippen LogP) is 13.0. The fourth-order valence-corrected chi connectivity index (χ4v) is 10.6. The Balaban J connectivity index is 1.10. The molecule has 2 heterocycles. The molecule has 286 valence electrons. The summed E-state index contributed by atoms with van der Waals surface area (Å²) >= 11 is 0. The minimum absolute atomic E-state index is 0.00934. The maximum absolute atomic E-state index is 6.97. The highest BCUT2D eigenvalue weighted by Gasteiger charge is 2.50. The van der Waals surface area contributed by atoms with Gasteiger partial charge in [-0.1, -0.05) is 200 Å². The first-order valence-electron chi connectivity index (χ1n) is 21.1. The lowest BCUT2D eigenvalue weighted by molar-refractivity contribution is 0.0852. The van der Waals surface area contributed by atoms with Gasteiger partial charge in [0.25, 0.3) is 0 Å². The Morgan fingerprint density at radius 3 is 1.80 bits per heavy atom. The molecule has 0 aromatic heterocycles. The van der Waals surface area contributed by atoms with Gasteiger partial charge in [-0.25, -0.2) is 0 Å². The fourth-order valence-electron chi connectivity index (χ4n) is 10.6. The van der Waals surface area contributed by atoms with Gasteiger partial charge in [-0.05, 0) is 95.7 Å². The van der Waals surface area contributed by atoms with Crippen LogP contribution in [0, 0.1) is 0 Å². The van der Waals surface area contributed by atoms with Gasteiger partial charge in [-0.3, -0.25) is 10.6 Å². The molecule has 0 amide bonds. The fraction of sp³-hybridized carbons (Fsp3) is 0.0877. The first kappa shape index (κ1) is 35.0. The Kier molecular flexibility index (Phi) is 8.19. The highest BCUT2D eigenvalue weighted by molar-refractivity contribution is 6.06. The molecule has 1 saturated heterocycles. The summed E-state index contributed by atoms with van der Waals surface area (Å²) in [6.45, 7) is 0. The molecule has 4 unspecified atom stereocenters. The summed E-state index contributed by atoms with van der Waals surface area (Å²) in [7, 11) is 0. The van der Waals surface area contributed by atoms with E-state index in [1.54, 1.807) is 0 Å². The second-order valence-electron chi connectivity index (χ2n) is 16.4. The molecule has 3 heteroatoms. The van der Waals surface area contributed by atoms with Crippen LogP contribution in [-0.2, 0) is 5.41 Å². The molecule has 1 aliphatic carbocycles. The van der Waals surface area contributed by atoms with Crippen molar-refractivity contribution in [1.82, 2.24) is 10.6 Å². The molecule has 60 heavy (non-hydrogen) atoms. The third-order valence-corrected chi connectivity index (χ3v) is 13.2. The van der Waals surface area contributed by atoms with Crippen molar-refractivity contribution in [2.45, 2.75) is 29.8 Å². The lowest BCUT2D eigenvalue weighted by Crippen LogP contribution is -2.53. The van der Waals surface area contributed by atoms with Crippen LogP contribution in [0.15, 0.2) is 218 Å². The van der Waals surface area contributed by atoms with Crippen LogP contribution in [0.2, 0.25) is 0 Å². The molecule has 12 rings (SSSR count). The minimum atomic E-state index is -0.608. The van der Waals surface area contributed by atoms with Crippen molar-refractivity contribution in [3.8, 4) is 39.1 Å². The van der Waals surface area contributed by atoms with Crippen molar-refractivity contribution >= 4 is 10.8 Å². The number of ether oxygens (including phenoxy) is 1. The molecule has 0 spiro atoms. The Labute approximate surface area is 351 Å². The zero-order valence-electron chi connectivity index (χ0n) is 33.0.